The summed E-state index contributed by atoms with van der Waals surface area (Å²) in [6, 6.07) is 9.36. The van der Waals surface area contributed by atoms with Gasteiger partial charge in [0.15, 0.2) is 23.4 Å². The van der Waals surface area contributed by atoms with Gasteiger partial charge in [-0.3, -0.25) is 4.79 Å². The van der Waals surface area contributed by atoms with E-state index in [-0.39, 0.29) is 6.54 Å². The Balaban J connectivity index is 1.64. The van der Waals surface area contributed by atoms with Gasteiger partial charge < -0.3 is 20.4 Å². The molecule has 3 N–H and O–H groups in total. The Labute approximate surface area is 171 Å². The number of anilines is 1. The third-order valence-electron chi connectivity index (χ3n) is 4.39. The molecule has 3 aromatic rings. The molecule has 1 heterocycles. The average Bonchev–Trinajstić information content (AvgIpc) is 3.06. The minimum atomic E-state index is -1.65. The summed E-state index contributed by atoms with van der Waals surface area (Å²) in [4.78, 5) is 16.2. The lowest BCUT2D eigenvalue weighted by Gasteiger charge is -2.11. The molecule has 0 bridgehead atoms. The maximum Gasteiger partial charge on any atom is 0.246 e. The lowest BCUT2D eigenvalue weighted by Crippen LogP contribution is -2.37. The van der Waals surface area contributed by atoms with Gasteiger partial charge in [-0.15, -0.1) is 0 Å². The number of furan rings is 1. The zero-order valence-electron chi connectivity index (χ0n) is 16.5. The maximum absolute atomic E-state index is 13.7. The molecule has 9 heteroatoms. The Kier molecular flexibility index (Phi) is 6.61. The van der Waals surface area contributed by atoms with Gasteiger partial charge >= 0.3 is 0 Å². The Morgan fingerprint density at radius 3 is 2.57 bits per heavy atom. The molecule has 0 aliphatic rings. The number of fused-ring (bicyclic) bond motifs is 1. The highest BCUT2D eigenvalue weighted by Crippen LogP contribution is 2.24. The largest absolute Gasteiger partial charge is 0.459 e. The summed E-state index contributed by atoms with van der Waals surface area (Å²) in [5, 5.41) is 9.25. The number of carbonyl (C=O) groups is 1. The van der Waals surface area contributed by atoms with Crippen molar-refractivity contribution in [3.05, 3.63) is 65.2 Å². The Bertz CT molecular complexity index is 1100. The number of aryl methyl sites for hydroxylation is 1. The number of hydrogen-bond donors (Lipinski definition) is 3. The third-order valence-corrected chi connectivity index (χ3v) is 4.39. The average molecular weight is 418 g/mol. The van der Waals surface area contributed by atoms with Crippen LogP contribution in [0.4, 0.5) is 18.9 Å². The predicted octanol–water partition coefficient (Wildman–Crippen LogP) is 3.85. The van der Waals surface area contributed by atoms with Crippen molar-refractivity contribution in [2.45, 2.75) is 20.4 Å². The molecule has 0 saturated heterocycles. The summed E-state index contributed by atoms with van der Waals surface area (Å²) in [5.41, 5.74) is 1.33. The van der Waals surface area contributed by atoms with E-state index in [0.29, 0.717) is 19.0 Å². The number of amides is 1. The highest BCUT2D eigenvalue weighted by molar-refractivity contribution is 5.94. The summed E-state index contributed by atoms with van der Waals surface area (Å²) in [6.45, 7) is 4.35. The number of para-hydroxylation sites is 1. The van der Waals surface area contributed by atoms with Crippen LogP contribution in [0.1, 0.15) is 18.2 Å². The topological polar surface area (TPSA) is 78.7 Å². The van der Waals surface area contributed by atoms with Gasteiger partial charge in [-0.2, -0.15) is 0 Å². The van der Waals surface area contributed by atoms with Crippen LogP contribution >= 0.6 is 0 Å². The van der Waals surface area contributed by atoms with E-state index >= 15 is 0 Å². The zero-order valence-corrected chi connectivity index (χ0v) is 16.5. The molecular formula is C21H21F3N4O2. The van der Waals surface area contributed by atoms with Gasteiger partial charge in [-0.25, -0.2) is 18.2 Å². The van der Waals surface area contributed by atoms with Gasteiger partial charge in [-0.05, 0) is 32.0 Å². The Hall–Kier alpha value is -3.49. The molecule has 30 heavy (non-hydrogen) atoms. The summed E-state index contributed by atoms with van der Waals surface area (Å²) < 4.78 is 45.8. The second kappa shape index (κ2) is 9.34. The number of hydrogen-bond acceptors (Lipinski definition) is 3. The molecule has 3 rings (SSSR count). The fraction of sp³-hybridized carbons (Fsp3) is 0.238. The monoisotopic (exact) mass is 418 g/mol. The van der Waals surface area contributed by atoms with E-state index in [1.54, 1.807) is 0 Å². The van der Waals surface area contributed by atoms with Crippen LogP contribution in [-0.4, -0.2) is 25.0 Å². The van der Waals surface area contributed by atoms with Gasteiger partial charge in [0.25, 0.3) is 0 Å². The van der Waals surface area contributed by atoms with Crippen LogP contribution in [-0.2, 0) is 11.3 Å². The number of carbonyl (C=O) groups excluding carboxylic acids is 1. The first kappa shape index (κ1) is 21.2. The highest BCUT2D eigenvalue weighted by Gasteiger charge is 2.15. The van der Waals surface area contributed by atoms with Crippen molar-refractivity contribution < 1.29 is 22.4 Å². The third kappa shape index (κ3) is 4.73. The second-order valence-corrected chi connectivity index (χ2v) is 6.47. The van der Waals surface area contributed by atoms with E-state index in [2.05, 4.69) is 20.9 Å². The molecule has 6 nitrogen and oxygen atoms in total. The summed E-state index contributed by atoms with van der Waals surface area (Å²) in [7, 11) is 0. The molecule has 2 aromatic carbocycles. The van der Waals surface area contributed by atoms with Gasteiger partial charge in [0.2, 0.25) is 5.91 Å². The van der Waals surface area contributed by atoms with Crippen molar-refractivity contribution in [3.63, 3.8) is 0 Å². The molecule has 1 amide bonds. The van der Waals surface area contributed by atoms with Crippen molar-refractivity contribution in [2.24, 2.45) is 4.99 Å². The van der Waals surface area contributed by atoms with E-state index in [4.69, 9.17) is 4.42 Å². The van der Waals surface area contributed by atoms with Crippen molar-refractivity contribution in [3.8, 4) is 0 Å². The van der Waals surface area contributed by atoms with E-state index in [1.165, 1.54) is 0 Å². The van der Waals surface area contributed by atoms with E-state index in [9.17, 15) is 18.0 Å². The molecule has 0 saturated carbocycles. The first-order chi connectivity index (χ1) is 14.4. The van der Waals surface area contributed by atoms with Crippen molar-refractivity contribution in [1.29, 1.82) is 0 Å². The van der Waals surface area contributed by atoms with Gasteiger partial charge in [0.05, 0.1) is 12.2 Å². The number of aliphatic imine (C=N–C) groups is 1. The molecule has 0 unspecified atom stereocenters. The van der Waals surface area contributed by atoms with Crippen molar-refractivity contribution >= 4 is 28.5 Å². The minimum absolute atomic E-state index is 0.339. The number of benzene rings is 2. The molecule has 1 aromatic heterocycles. The number of halogens is 3. The number of guanidine groups is 1. The van der Waals surface area contributed by atoms with E-state index in [1.807, 2.05) is 38.1 Å². The first-order valence-electron chi connectivity index (χ1n) is 9.33. The van der Waals surface area contributed by atoms with E-state index < -0.39 is 29.0 Å². The predicted molar refractivity (Wildman–Crippen MR) is 109 cm³/mol. The van der Waals surface area contributed by atoms with Crippen molar-refractivity contribution in [1.82, 2.24) is 10.6 Å². The second-order valence-electron chi connectivity index (χ2n) is 6.47. The summed E-state index contributed by atoms with van der Waals surface area (Å²) in [6.07, 6.45) is 0. The zero-order chi connectivity index (χ0) is 21.7. The molecule has 0 spiro atoms. The SMILES string of the molecule is CCNC(=NCC(=O)Nc1ccc(F)c(F)c1F)NCc1oc2ccccc2c1C. The van der Waals surface area contributed by atoms with Gasteiger partial charge in [0, 0.05) is 17.5 Å². The van der Waals surface area contributed by atoms with E-state index in [0.717, 1.165) is 34.4 Å². The quantitative estimate of drug-likeness (QED) is 0.323. The van der Waals surface area contributed by atoms with Crippen LogP contribution in [0.3, 0.4) is 0 Å². The van der Waals surface area contributed by atoms with Crippen LogP contribution in [0.2, 0.25) is 0 Å². The van der Waals surface area contributed by atoms with Crippen LogP contribution in [0.5, 0.6) is 0 Å². The van der Waals surface area contributed by atoms with Crippen LogP contribution in [0.15, 0.2) is 45.8 Å². The van der Waals surface area contributed by atoms with Crippen LogP contribution in [0, 0.1) is 24.4 Å². The Morgan fingerprint density at radius 1 is 1.07 bits per heavy atom. The summed E-state index contributed by atoms with van der Waals surface area (Å²) >= 11 is 0. The standard InChI is InChI=1S/C21H21F3N4O2/c1-3-25-21(26-10-17-12(2)13-6-4-5-7-16(13)30-17)27-11-18(29)28-15-9-8-14(22)19(23)20(15)24/h4-9H,3,10-11H2,1-2H3,(H,28,29)(H2,25,26,27). The molecule has 0 atom stereocenters. The molecular weight excluding hydrogens is 397 g/mol. The van der Waals surface area contributed by atoms with Gasteiger partial charge in [-0.1, -0.05) is 18.2 Å². The van der Waals surface area contributed by atoms with Crippen LogP contribution < -0.4 is 16.0 Å². The Morgan fingerprint density at radius 2 is 1.83 bits per heavy atom. The molecule has 0 aliphatic heterocycles. The molecule has 0 fully saturated rings. The fourth-order valence-electron chi connectivity index (χ4n) is 2.86. The van der Waals surface area contributed by atoms with Crippen molar-refractivity contribution in [2.75, 3.05) is 18.4 Å². The normalized spacial score (nSPS) is 11.6. The molecule has 158 valence electrons. The molecule has 0 radical (unpaired) electrons. The number of nitrogens with one attached hydrogen (secondary N) is 3. The lowest BCUT2D eigenvalue weighted by molar-refractivity contribution is -0.114. The fourth-order valence-corrected chi connectivity index (χ4v) is 2.86. The molecule has 0 aliphatic carbocycles. The minimum Gasteiger partial charge on any atom is -0.459 e. The van der Waals surface area contributed by atoms with Crippen LogP contribution in [0.25, 0.3) is 11.0 Å². The highest BCUT2D eigenvalue weighted by atomic mass is 19.2. The number of nitrogens with zero attached hydrogens (tertiary/aromatic N) is 1. The lowest BCUT2D eigenvalue weighted by atomic mass is 10.1. The maximum atomic E-state index is 13.7. The number of rotatable bonds is 6. The van der Waals surface area contributed by atoms with Gasteiger partial charge in [0.1, 0.15) is 17.9 Å². The summed E-state index contributed by atoms with van der Waals surface area (Å²) in [5.74, 6) is -4.04. The first-order valence-corrected chi connectivity index (χ1v) is 9.33. The smallest absolute Gasteiger partial charge is 0.246 e.